The second-order valence-corrected chi connectivity index (χ2v) is 16.7. The van der Waals surface area contributed by atoms with Gasteiger partial charge in [0.05, 0.1) is 0 Å². The zero-order valence-corrected chi connectivity index (χ0v) is 31.7. The number of fused-ring (bicyclic) bond motifs is 7. The van der Waals surface area contributed by atoms with Gasteiger partial charge < -0.3 is 0 Å². The van der Waals surface area contributed by atoms with Crippen LogP contribution in [0.2, 0.25) is 0 Å². The van der Waals surface area contributed by atoms with Crippen molar-refractivity contribution in [3.8, 4) is 44.5 Å². The van der Waals surface area contributed by atoms with E-state index in [1.54, 1.807) is 22.7 Å². The third kappa shape index (κ3) is 4.65. The Kier molecular flexibility index (Phi) is 7.00. The van der Waals surface area contributed by atoms with Gasteiger partial charge >= 0.3 is 0 Å². The summed E-state index contributed by atoms with van der Waals surface area (Å²) in [5.74, 6) is 0. The molecule has 0 spiro atoms. The van der Waals surface area contributed by atoms with Crippen molar-refractivity contribution >= 4 is 97.3 Å². The summed E-state index contributed by atoms with van der Waals surface area (Å²) in [5, 5.41) is 22.2. The monoisotopic (exact) mass is 728 g/mol. The molecule has 0 atom stereocenters. The second kappa shape index (κ2) is 12.0. The molecule has 0 fully saturated rings. The van der Waals surface area contributed by atoms with E-state index >= 15 is 0 Å². The van der Waals surface area contributed by atoms with Gasteiger partial charge in [-0.1, -0.05) is 115 Å². The molecular formula is C50H32S3. The van der Waals surface area contributed by atoms with Gasteiger partial charge in [0, 0.05) is 20.2 Å². The van der Waals surface area contributed by atoms with Crippen LogP contribution >= 0.6 is 34.0 Å². The SMILES string of the molecule is Cc1cscc1-c1c2ccccc2c(-c2ccc3c(c2)sc2ccc(-c4c5ccccc5c(-c5cscc5C)c5ccccc45)cc23)c2ccccc12. The maximum atomic E-state index is 2.44. The third-order valence-electron chi connectivity index (χ3n) is 11.2. The number of hydrogen-bond donors (Lipinski definition) is 0. The van der Waals surface area contributed by atoms with Crippen molar-refractivity contribution in [2.45, 2.75) is 13.8 Å². The first-order valence-electron chi connectivity index (χ1n) is 18.0. The van der Waals surface area contributed by atoms with Gasteiger partial charge in [0.2, 0.25) is 0 Å². The lowest BCUT2D eigenvalue weighted by atomic mass is 9.85. The van der Waals surface area contributed by atoms with Crippen LogP contribution in [0.4, 0.5) is 0 Å². The maximum Gasteiger partial charge on any atom is 0.0361 e. The quantitative estimate of drug-likeness (QED) is 0.158. The zero-order chi connectivity index (χ0) is 35.2. The van der Waals surface area contributed by atoms with E-state index in [2.05, 4.69) is 169 Å². The van der Waals surface area contributed by atoms with E-state index in [0.29, 0.717) is 0 Å². The minimum atomic E-state index is 1.26. The molecule has 0 unspecified atom stereocenters. The fourth-order valence-corrected chi connectivity index (χ4v) is 11.6. The molecule has 3 heterocycles. The molecule has 53 heavy (non-hydrogen) atoms. The first-order valence-corrected chi connectivity index (χ1v) is 20.7. The Labute approximate surface area is 319 Å². The van der Waals surface area contributed by atoms with E-state index in [-0.39, 0.29) is 0 Å². The van der Waals surface area contributed by atoms with Crippen LogP contribution in [0.5, 0.6) is 0 Å². The molecule has 250 valence electrons. The molecule has 0 aliphatic carbocycles. The predicted molar refractivity (Wildman–Crippen MR) is 236 cm³/mol. The van der Waals surface area contributed by atoms with Gasteiger partial charge in [0.25, 0.3) is 0 Å². The predicted octanol–water partition coefficient (Wildman–Crippen LogP) is 16.1. The van der Waals surface area contributed by atoms with Gasteiger partial charge in [-0.15, -0.1) is 11.3 Å². The molecule has 3 heteroatoms. The van der Waals surface area contributed by atoms with Crippen molar-refractivity contribution in [2.24, 2.45) is 0 Å². The zero-order valence-electron chi connectivity index (χ0n) is 29.2. The van der Waals surface area contributed by atoms with Crippen LogP contribution in [0, 0.1) is 13.8 Å². The molecule has 0 aliphatic rings. The summed E-state index contributed by atoms with van der Waals surface area (Å²) in [6, 6.07) is 50.2. The Bertz CT molecular complexity index is 3140. The van der Waals surface area contributed by atoms with Gasteiger partial charge in [-0.25, -0.2) is 0 Å². The Morgan fingerprint density at radius 1 is 0.321 bits per heavy atom. The smallest absolute Gasteiger partial charge is 0.0361 e. The van der Waals surface area contributed by atoms with Gasteiger partial charge in [-0.05, 0) is 152 Å². The number of benzene rings is 8. The largest absolute Gasteiger partial charge is 0.151 e. The van der Waals surface area contributed by atoms with Crippen molar-refractivity contribution in [2.75, 3.05) is 0 Å². The normalized spacial score (nSPS) is 12.0. The summed E-state index contributed by atoms with van der Waals surface area (Å²) < 4.78 is 2.64. The minimum Gasteiger partial charge on any atom is -0.151 e. The lowest BCUT2D eigenvalue weighted by Crippen LogP contribution is -1.91. The third-order valence-corrected chi connectivity index (χ3v) is 14.0. The fourth-order valence-electron chi connectivity index (χ4n) is 8.78. The first kappa shape index (κ1) is 31.0. The fraction of sp³-hybridized carbons (Fsp3) is 0.0400. The molecule has 11 aromatic rings. The van der Waals surface area contributed by atoms with Gasteiger partial charge in [0.1, 0.15) is 0 Å². The Morgan fingerprint density at radius 2 is 0.717 bits per heavy atom. The molecule has 0 bridgehead atoms. The van der Waals surface area contributed by atoms with Crippen LogP contribution in [0.15, 0.2) is 155 Å². The number of aryl methyl sites for hydroxylation is 2. The van der Waals surface area contributed by atoms with Crippen LogP contribution in [-0.2, 0) is 0 Å². The number of rotatable bonds is 4. The Morgan fingerprint density at radius 3 is 1.13 bits per heavy atom. The van der Waals surface area contributed by atoms with Crippen LogP contribution in [-0.4, -0.2) is 0 Å². The van der Waals surface area contributed by atoms with Gasteiger partial charge in [-0.3, -0.25) is 0 Å². The van der Waals surface area contributed by atoms with Crippen molar-refractivity contribution < 1.29 is 0 Å². The highest BCUT2D eigenvalue weighted by Crippen LogP contribution is 2.48. The molecule has 0 nitrogen and oxygen atoms in total. The van der Waals surface area contributed by atoms with Crippen LogP contribution < -0.4 is 0 Å². The summed E-state index contributed by atoms with van der Waals surface area (Å²) in [5.41, 5.74) is 13.2. The van der Waals surface area contributed by atoms with E-state index in [1.807, 2.05) is 11.3 Å². The standard InChI is InChI=1S/C50H32S3/c1-29-25-51-27-43(29)49-38-15-7-3-11-34(38)47(35-12-4-8-16-39(35)49)31-20-22-45-42(23-31)33-21-19-32(24-46(33)53-45)48-36-13-5-9-17-40(36)50(44-28-52-26-30(44)2)41-18-10-6-14-37(41)48/h3-28H,1-2H3. The molecule has 0 aliphatic heterocycles. The molecular weight excluding hydrogens is 697 g/mol. The maximum absolute atomic E-state index is 2.44. The lowest BCUT2D eigenvalue weighted by Gasteiger charge is -2.18. The molecule has 0 saturated heterocycles. The van der Waals surface area contributed by atoms with Crippen molar-refractivity contribution in [3.05, 3.63) is 166 Å². The highest BCUT2D eigenvalue weighted by molar-refractivity contribution is 7.25. The van der Waals surface area contributed by atoms with Crippen LogP contribution in [0.3, 0.4) is 0 Å². The molecule has 0 N–H and O–H groups in total. The highest BCUT2D eigenvalue weighted by atomic mass is 32.1. The number of hydrogen-bond acceptors (Lipinski definition) is 3. The van der Waals surface area contributed by atoms with E-state index < -0.39 is 0 Å². The Balaban J connectivity index is 1.13. The summed E-state index contributed by atoms with van der Waals surface area (Å²) in [6.45, 7) is 4.46. The van der Waals surface area contributed by atoms with Crippen LogP contribution in [0.25, 0.3) is 108 Å². The average Bonchev–Trinajstić information content (AvgIpc) is 3.93. The number of thiophene rings is 3. The van der Waals surface area contributed by atoms with E-state index in [4.69, 9.17) is 0 Å². The van der Waals surface area contributed by atoms with Crippen molar-refractivity contribution in [1.29, 1.82) is 0 Å². The van der Waals surface area contributed by atoms with Crippen molar-refractivity contribution in [3.63, 3.8) is 0 Å². The first-order chi connectivity index (χ1) is 26.1. The van der Waals surface area contributed by atoms with Crippen LogP contribution in [0.1, 0.15) is 11.1 Å². The van der Waals surface area contributed by atoms with Gasteiger partial charge in [0.15, 0.2) is 0 Å². The topological polar surface area (TPSA) is 0 Å². The molecule has 0 radical (unpaired) electrons. The summed E-state index contributed by atoms with van der Waals surface area (Å²) in [4.78, 5) is 0. The molecule has 3 aromatic heterocycles. The average molecular weight is 729 g/mol. The van der Waals surface area contributed by atoms with E-state index in [9.17, 15) is 0 Å². The van der Waals surface area contributed by atoms with E-state index in [1.165, 1.54) is 119 Å². The van der Waals surface area contributed by atoms with Crippen molar-refractivity contribution in [1.82, 2.24) is 0 Å². The second-order valence-electron chi connectivity index (χ2n) is 14.1. The molecule has 8 aromatic carbocycles. The Hall–Kier alpha value is -5.58. The summed E-state index contributed by atoms with van der Waals surface area (Å²) in [6.07, 6.45) is 0. The van der Waals surface area contributed by atoms with E-state index in [0.717, 1.165) is 0 Å². The highest BCUT2D eigenvalue weighted by Gasteiger charge is 2.21. The molecule has 0 saturated carbocycles. The lowest BCUT2D eigenvalue weighted by molar-refractivity contribution is 1.55. The minimum absolute atomic E-state index is 1.26. The van der Waals surface area contributed by atoms with Gasteiger partial charge in [-0.2, -0.15) is 22.7 Å². The molecule has 0 amide bonds. The summed E-state index contributed by atoms with van der Waals surface area (Å²) >= 11 is 5.47. The summed E-state index contributed by atoms with van der Waals surface area (Å²) in [7, 11) is 0. The molecule has 11 rings (SSSR count).